The van der Waals surface area contributed by atoms with E-state index in [1.807, 2.05) is 28.9 Å². The molecule has 11 heteroatoms. The summed E-state index contributed by atoms with van der Waals surface area (Å²) in [4.78, 5) is 36.6. The molecule has 1 saturated heterocycles. The largest absolute Gasteiger partial charge is 0.383 e. The standard InChI is InChI=1S/C28H27F2N7O2/c1-3-23(38)36-12-4-5-20(15-36)37-27-24(26(31)32-16-33-27)25(34-37)18-8-6-17(7-9-18)14-35(2)28(39)21-13-19(29)10-11-22(21)30/h3,6-11,13,16,20H,1,4-5,12,14-15H2,2H3,(H2,31,32,33). The number of carbonyl (C=O) groups is 2. The van der Waals surface area contributed by atoms with E-state index in [1.54, 1.807) is 4.90 Å². The molecule has 1 fully saturated rings. The Morgan fingerprint density at radius 3 is 2.69 bits per heavy atom. The lowest BCUT2D eigenvalue weighted by molar-refractivity contribution is -0.127. The third-order valence-electron chi connectivity index (χ3n) is 6.90. The van der Waals surface area contributed by atoms with Gasteiger partial charge in [-0.15, -0.1) is 0 Å². The molecule has 1 aliphatic rings. The van der Waals surface area contributed by atoms with Crippen molar-refractivity contribution >= 4 is 28.7 Å². The fourth-order valence-corrected chi connectivity index (χ4v) is 4.92. The van der Waals surface area contributed by atoms with Gasteiger partial charge in [0.2, 0.25) is 5.91 Å². The van der Waals surface area contributed by atoms with E-state index >= 15 is 0 Å². The Kier molecular flexibility index (Phi) is 7.05. The van der Waals surface area contributed by atoms with Gasteiger partial charge in [-0.25, -0.2) is 23.4 Å². The highest BCUT2D eigenvalue weighted by Crippen LogP contribution is 2.34. The molecule has 5 rings (SSSR count). The monoisotopic (exact) mass is 531 g/mol. The minimum atomic E-state index is -0.777. The van der Waals surface area contributed by atoms with Crippen LogP contribution in [0, 0.1) is 11.6 Å². The molecule has 2 aromatic carbocycles. The molecule has 1 unspecified atom stereocenters. The second-order valence-corrected chi connectivity index (χ2v) is 9.52. The first-order valence-corrected chi connectivity index (χ1v) is 12.5. The number of anilines is 1. The number of piperidine rings is 1. The Hall–Kier alpha value is -4.67. The fraction of sp³-hybridized carbons (Fsp3) is 0.250. The van der Waals surface area contributed by atoms with Crippen molar-refractivity contribution in [2.45, 2.75) is 25.4 Å². The van der Waals surface area contributed by atoms with Crippen LogP contribution in [-0.4, -0.2) is 61.5 Å². The number of fused-ring (bicyclic) bond motifs is 1. The Morgan fingerprint density at radius 2 is 1.95 bits per heavy atom. The number of likely N-dealkylation sites (tertiary alicyclic amines) is 1. The van der Waals surface area contributed by atoms with Crippen molar-refractivity contribution in [2.75, 3.05) is 25.9 Å². The van der Waals surface area contributed by atoms with Crippen LogP contribution in [-0.2, 0) is 11.3 Å². The number of hydrogen-bond donors (Lipinski definition) is 1. The summed E-state index contributed by atoms with van der Waals surface area (Å²) >= 11 is 0. The van der Waals surface area contributed by atoms with Crippen molar-refractivity contribution < 1.29 is 18.4 Å². The van der Waals surface area contributed by atoms with Gasteiger partial charge in [-0.3, -0.25) is 9.59 Å². The predicted molar refractivity (Wildman–Crippen MR) is 142 cm³/mol. The van der Waals surface area contributed by atoms with Gasteiger partial charge >= 0.3 is 0 Å². The van der Waals surface area contributed by atoms with E-state index in [-0.39, 0.29) is 24.1 Å². The second-order valence-electron chi connectivity index (χ2n) is 9.52. The molecule has 0 spiro atoms. The third kappa shape index (κ3) is 5.07. The quantitative estimate of drug-likeness (QED) is 0.377. The van der Waals surface area contributed by atoms with E-state index in [1.165, 1.54) is 24.4 Å². The van der Waals surface area contributed by atoms with Crippen LogP contribution in [0.5, 0.6) is 0 Å². The number of hydrogen-bond acceptors (Lipinski definition) is 6. The molecule has 0 bridgehead atoms. The van der Waals surface area contributed by atoms with Gasteiger partial charge < -0.3 is 15.5 Å². The molecular formula is C28H27F2N7O2. The molecule has 9 nitrogen and oxygen atoms in total. The van der Waals surface area contributed by atoms with E-state index < -0.39 is 17.5 Å². The molecule has 2 amide bonds. The van der Waals surface area contributed by atoms with Crippen LogP contribution in [0.2, 0.25) is 0 Å². The predicted octanol–water partition coefficient (Wildman–Crippen LogP) is 3.98. The number of nitrogens with two attached hydrogens (primary N) is 1. The summed E-state index contributed by atoms with van der Waals surface area (Å²) in [7, 11) is 1.53. The summed E-state index contributed by atoms with van der Waals surface area (Å²) in [5.74, 6) is -1.91. The topological polar surface area (TPSA) is 110 Å². The summed E-state index contributed by atoms with van der Waals surface area (Å²) in [5, 5.41) is 5.49. The van der Waals surface area contributed by atoms with Crippen molar-refractivity contribution in [3.05, 3.63) is 84.2 Å². The first kappa shape index (κ1) is 26.0. The molecule has 0 radical (unpaired) electrons. The van der Waals surface area contributed by atoms with Crippen LogP contribution in [0.1, 0.15) is 34.8 Å². The van der Waals surface area contributed by atoms with Crippen LogP contribution >= 0.6 is 0 Å². The van der Waals surface area contributed by atoms with Crippen LogP contribution < -0.4 is 5.73 Å². The molecule has 4 aromatic rings. The third-order valence-corrected chi connectivity index (χ3v) is 6.90. The number of halogens is 2. The maximum atomic E-state index is 14.1. The van der Waals surface area contributed by atoms with Crippen LogP contribution in [0.4, 0.5) is 14.6 Å². The van der Waals surface area contributed by atoms with E-state index in [4.69, 9.17) is 10.8 Å². The van der Waals surface area contributed by atoms with E-state index in [0.717, 1.165) is 42.2 Å². The lowest BCUT2D eigenvalue weighted by Crippen LogP contribution is -2.40. The molecule has 1 aliphatic heterocycles. The molecule has 3 heterocycles. The Bertz CT molecular complexity index is 1570. The molecule has 200 valence electrons. The molecule has 1 atom stereocenters. The second kappa shape index (κ2) is 10.6. The molecule has 2 aromatic heterocycles. The van der Waals surface area contributed by atoms with Crippen molar-refractivity contribution in [3.63, 3.8) is 0 Å². The molecular weight excluding hydrogens is 504 g/mol. The molecule has 39 heavy (non-hydrogen) atoms. The number of amides is 2. The highest BCUT2D eigenvalue weighted by atomic mass is 19.1. The average molecular weight is 532 g/mol. The zero-order chi connectivity index (χ0) is 27.7. The molecule has 2 N–H and O–H groups in total. The van der Waals surface area contributed by atoms with Gasteiger partial charge in [0.05, 0.1) is 17.0 Å². The van der Waals surface area contributed by atoms with Gasteiger partial charge in [-0.2, -0.15) is 5.10 Å². The number of carbonyl (C=O) groups excluding carboxylic acids is 2. The minimum absolute atomic E-state index is 0.0876. The van der Waals surface area contributed by atoms with Gasteiger partial charge in [0, 0.05) is 32.2 Å². The van der Waals surface area contributed by atoms with Crippen LogP contribution in [0.15, 0.2) is 61.4 Å². The van der Waals surface area contributed by atoms with Crippen molar-refractivity contribution in [2.24, 2.45) is 0 Å². The van der Waals surface area contributed by atoms with E-state index in [2.05, 4.69) is 16.5 Å². The zero-order valence-electron chi connectivity index (χ0n) is 21.3. The highest BCUT2D eigenvalue weighted by molar-refractivity contribution is 5.98. The van der Waals surface area contributed by atoms with Crippen molar-refractivity contribution in [1.29, 1.82) is 0 Å². The summed E-state index contributed by atoms with van der Waals surface area (Å²) in [6.07, 6.45) is 4.36. The number of nitrogens with zero attached hydrogens (tertiary/aromatic N) is 6. The van der Waals surface area contributed by atoms with Crippen molar-refractivity contribution in [1.82, 2.24) is 29.5 Å². The summed E-state index contributed by atoms with van der Waals surface area (Å²) in [5.41, 5.74) is 8.68. The Morgan fingerprint density at radius 1 is 1.18 bits per heavy atom. The molecule has 0 aliphatic carbocycles. The Labute approximate surface area is 223 Å². The number of nitrogen functional groups attached to an aromatic ring is 1. The normalized spacial score (nSPS) is 15.4. The maximum absolute atomic E-state index is 14.1. The van der Waals surface area contributed by atoms with Gasteiger partial charge in [0.15, 0.2) is 5.65 Å². The first-order chi connectivity index (χ1) is 18.8. The van der Waals surface area contributed by atoms with Crippen LogP contribution in [0.3, 0.4) is 0 Å². The van der Waals surface area contributed by atoms with Crippen LogP contribution in [0.25, 0.3) is 22.3 Å². The first-order valence-electron chi connectivity index (χ1n) is 12.5. The van der Waals surface area contributed by atoms with Crippen molar-refractivity contribution in [3.8, 4) is 11.3 Å². The smallest absolute Gasteiger partial charge is 0.256 e. The summed E-state index contributed by atoms with van der Waals surface area (Å²) in [6.45, 7) is 4.92. The SMILES string of the molecule is C=CC(=O)N1CCCC(n2nc(-c3ccc(CN(C)C(=O)c4cc(F)ccc4F)cc3)c3c(N)ncnc32)C1. The van der Waals surface area contributed by atoms with Gasteiger partial charge in [0.25, 0.3) is 5.91 Å². The van der Waals surface area contributed by atoms with Gasteiger partial charge in [0.1, 0.15) is 29.5 Å². The lowest BCUT2D eigenvalue weighted by Gasteiger charge is -2.32. The average Bonchev–Trinajstić information content (AvgIpc) is 3.35. The zero-order valence-corrected chi connectivity index (χ0v) is 21.3. The van der Waals surface area contributed by atoms with Gasteiger partial charge in [-0.05, 0) is 42.7 Å². The Balaban J connectivity index is 1.41. The lowest BCUT2D eigenvalue weighted by atomic mass is 10.1. The van der Waals surface area contributed by atoms with E-state index in [0.29, 0.717) is 35.6 Å². The molecule has 0 saturated carbocycles. The minimum Gasteiger partial charge on any atom is -0.383 e. The maximum Gasteiger partial charge on any atom is 0.256 e. The number of benzene rings is 2. The fourth-order valence-electron chi connectivity index (χ4n) is 4.92. The highest BCUT2D eigenvalue weighted by Gasteiger charge is 2.28. The van der Waals surface area contributed by atoms with E-state index in [9.17, 15) is 18.4 Å². The summed E-state index contributed by atoms with van der Waals surface area (Å²) < 4.78 is 29.4. The number of rotatable bonds is 6. The van der Waals surface area contributed by atoms with Gasteiger partial charge in [-0.1, -0.05) is 30.8 Å². The summed E-state index contributed by atoms with van der Waals surface area (Å²) in [6, 6.07) is 10.1. The number of aromatic nitrogens is 4.